The fraction of sp³-hybridized carbons (Fsp3) is 0.533. The Hall–Kier alpha value is -1.30. The molecule has 5 nitrogen and oxygen atoms in total. The summed E-state index contributed by atoms with van der Waals surface area (Å²) >= 11 is 6.19. The minimum atomic E-state index is -0.348. The van der Waals surface area contributed by atoms with Crippen molar-refractivity contribution in [2.24, 2.45) is 0 Å². The van der Waals surface area contributed by atoms with Gasteiger partial charge in [0, 0.05) is 26.2 Å². The van der Waals surface area contributed by atoms with E-state index in [0.29, 0.717) is 17.2 Å². The van der Waals surface area contributed by atoms with Gasteiger partial charge in [-0.1, -0.05) is 11.6 Å². The molecule has 0 unspecified atom stereocenters. The van der Waals surface area contributed by atoms with Crippen LogP contribution in [0.5, 0.6) is 0 Å². The highest BCUT2D eigenvalue weighted by atomic mass is 35.5. The van der Waals surface area contributed by atoms with Crippen molar-refractivity contribution in [3.63, 3.8) is 0 Å². The molecule has 116 valence electrons. The van der Waals surface area contributed by atoms with E-state index in [0.717, 1.165) is 45.1 Å². The molecule has 6 heteroatoms. The number of carbonyl (C=O) groups excluding carboxylic acids is 1. The summed E-state index contributed by atoms with van der Waals surface area (Å²) in [5.41, 5.74) is 1.30. The molecule has 1 aliphatic heterocycles. The molecule has 0 spiro atoms. The minimum absolute atomic E-state index is 0.348. The predicted octanol–water partition coefficient (Wildman–Crippen LogP) is 2.26. The molecule has 1 fully saturated rings. The number of halogens is 1. The van der Waals surface area contributed by atoms with E-state index in [4.69, 9.17) is 21.1 Å². The van der Waals surface area contributed by atoms with E-state index in [-0.39, 0.29) is 5.97 Å². The standard InChI is InChI=1S/C15H21ClN2O3/c1-2-21-15(19)12-3-4-14(13(16)11-12)17-5-6-18-7-9-20-10-8-18/h3-4,11,17H,2,5-10H2,1H3. The molecule has 1 N–H and O–H groups in total. The van der Waals surface area contributed by atoms with Gasteiger partial charge in [-0.15, -0.1) is 0 Å². The molecule has 21 heavy (non-hydrogen) atoms. The first-order valence-electron chi connectivity index (χ1n) is 7.21. The number of morpholine rings is 1. The number of nitrogens with one attached hydrogen (secondary N) is 1. The third kappa shape index (κ3) is 4.88. The van der Waals surface area contributed by atoms with Gasteiger partial charge >= 0.3 is 5.97 Å². The first-order chi connectivity index (χ1) is 10.2. The van der Waals surface area contributed by atoms with Gasteiger partial charge in [0.05, 0.1) is 36.1 Å². The van der Waals surface area contributed by atoms with Gasteiger partial charge in [0.25, 0.3) is 0 Å². The largest absolute Gasteiger partial charge is 0.462 e. The fourth-order valence-corrected chi connectivity index (χ4v) is 2.42. The Balaban J connectivity index is 1.84. The summed E-state index contributed by atoms with van der Waals surface area (Å²) in [5.74, 6) is -0.348. The van der Waals surface area contributed by atoms with Gasteiger partial charge in [0.1, 0.15) is 0 Å². The SMILES string of the molecule is CCOC(=O)c1ccc(NCCN2CCOCC2)c(Cl)c1. The van der Waals surface area contributed by atoms with E-state index in [1.165, 1.54) is 0 Å². The molecule has 0 amide bonds. The molecule has 0 saturated carbocycles. The van der Waals surface area contributed by atoms with Crippen LogP contribution in [0.25, 0.3) is 0 Å². The number of hydrogen-bond acceptors (Lipinski definition) is 5. The van der Waals surface area contributed by atoms with Gasteiger partial charge in [0.15, 0.2) is 0 Å². The van der Waals surface area contributed by atoms with E-state index in [2.05, 4.69) is 10.2 Å². The van der Waals surface area contributed by atoms with Crippen molar-refractivity contribution < 1.29 is 14.3 Å². The second-order valence-corrected chi connectivity index (χ2v) is 5.20. The monoisotopic (exact) mass is 312 g/mol. The van der Waals surface area contributed by atoms with Crippen molar-refractivity contribution >= 4 is 23.3 Å². The molecule has 0 aliphatic carbocycles. The lowest BCUT2D eigenvalue weighted by molar-refractivity contribution is 0.0398. The molecule has 1 heterocycles. The van der Waals surface area contributed by atoms with E-state index in [1.54, 1.807) is 19.1 Å². The first kappa shape index (κ1) is 16.1. The third-order valence-corrected chi connectivity index (χ3v) is 3.64. The number of esters is 1. The number of hydrogen-bond donors (Lipinski definition) is 1. The number of carbonyl (C=O) groups is 1. The van der Waals surface area contributed by atoms with Gasteiger partial charge in [-0.25, -0.2) is 4.79 Å². The van der Waals surface area contributed by atoms with Crippen LogP contribution in [-0.4, -0.2) is 56.9 Å². The molecule has 2 rings (SSSR count). The van der Waals surface area contributed by atoms with Crippen LogP contribution < -0.4 is 5.32 Å². The van der Waals surface area contributed by atoms with Crippen LogP contribution in [0.15, 0.2) is 18.2 Å². The molecule has 1 saturated heterocycles. The zero-order chi connectivity index (χ0) is 15.1. The summed E-state index contributed by atoms with van der Waals surface area (Å²) in [7, 11) is 0. The Morgan fingerprint density at radius 3 is 2.86 bits per heavy atom. The lowest BCUT2D eigenvalue weighted by atomic mass is 10.2. The quantitative estimate of drug-likeness (QED) is 0.817. The average molecular weight is 313 g/mol. The summed E-state index contributed by atoms with van der Waals surface area (Å²) in [6.45, 7) is 7.42. The van der Waals surface area contributed by atoms with Crippen molar-refractivity contribution in [3.8, 4) is 0 Å². The maximum Gasteiger partial charge on any atom is 0.338 e. The average Bonchev–Trinajstić information content (AvgIpc) is 2.50. The maximum atomic E-state index is 11.6. The number of rotatable bonds is 6. The van der Waals surface area contributed by atoms with Gasteiger partial charge < -0.3 is 14.8 Å². The number of anilines is 1. The Bertz CT molecular complexity index is 476. The minimum Gasteiger partial charge on any atom is -0.462 e. The van der Waals surface area contributed by atoms with Crippen LogP contribution in [0.3, 0.4) is 0 Å². The summed E-state index contributed by atoms with van der Waals surface area (Å²) in [4.78, 5) is 14.0. The zero-order valence-electron chi connectivity index (χ0n) is 12.2. The predicted molar refractivity (Wildman–Crippen MR) is 83.2 cm³/mol. The van der Waals surface area contributed by atoms with E-state index < -0.39 is 0 Å². The molecule has 1 aromatic rings. The lowest BCUT2D eigenvalue weighted by Crippen LogP contribution is -2.39. The van der Waals surface area contributed by atoms with Crippen LogP contribution in [0.4, 0.5) is 5.69 Å². The number of benzene rings is 1. The second-order valence-electron chi connectivity index (χ2n) is 4.80. The Morgan fingerprint density at radius 1 is 1.43 bits per heavy atom. The van der Waals surface area contributed by atoms with Crippen molar-refractivity contribution in [1.82, 2.24) is 4.90 Å². The Labute approximate surface area is 130 Å². The molecule has 1 aliphatic rings. The summed E-state index contributed by atoms with van der Waals surface area (Å²) in [5, 5.41) is 3.82. The van der Waals surface area contributed by atoms with E-state index in [9.17, 15) is 4.79 Å². The number of ether oxygens (including phenoxy) is 2. The Morgan fingerprint density at radius 2 is 2.19 bits per heavy atom. The van der Waals surface area contributed by atoms with Crippen molar-refractivity contribution in [2.75, 3.05) is 51.3 Å². The zero-order valence-corrected chi connectivity index (χ0v) is 13.0. The normalized spacial score (nSPS) is 15.7. The van der Waals surface area contributed by atoms with Crippen LogP contribution in [0.2, 0.25) is 5.02 Å². The highest BCUT2D eigenvalue weighted by molar-refractivity contribution is 6.33. The van der Waals surface area contributed by atoms with Gasteiger partial charge in [-0.2, -0.15) is 0 Å². The maximum absolute atomic E-state index is 11.6. The van der Waals surface area contributed by atoms with E-state index >= 15 is 0 Å². The summed E-state index contributed by atoms with van der Waals surface area (Å²) in [6.07, 6.45) is 0. The lowest BCUT2D eigenvalue weighted by Gasteiger charge is -2.26. The smallest absolute Gasteiger partial charge is 0.338 e. The second kappa shape index (κ2) is 8.22. The van der Waals surface area contributed by atoms with Gasteiger partial charge in [0.2, 0.25) is 0 Å². The topological polar surface area (TPSA) is 50.8 Å². The summed E-state index contributed by atoms with van der Waals surface area (Å²) in [6, 6.07) is 5.17. The fourth-order valence-electron chi connectivity index (χ4n) is 2.17. The van der Waals surface area contributed by atoms with Crippen LogP contribution >= 0.6 is 11.6 Å². The molecular weight excluding hydrogens is 292 g/mol. The van der Waals surface area contributed by atoms with Gasteiger partial charge in [-0.05, 0) is 25.1 Å². The van der Waals surface area contributed by atoms with Crippen LogP contribution in [-0.2, 0) is 9.47 Å². The highest BCUT2D eigenvalue weighted by Crippen LogP contribution is 2.23. The third-order valence-electron chi connectivity index (χ3n) is 3.33. The van der Waals surface area contributed by atoms with Crippen LogP contribution in [0, 0.1) is 0 Å². The Kier molecular flexibility index (Phi) is 6.29. The van der Waals surface area contributed by atoms with Crippen molar-refractivity contribution in [1.29, 1.82) is 0 Å². The van der Waals surface area contributed by atoms with Gasteiger partial charge in [-0.3, -0.25) is 4.90 Å². The molecule has 1 aromatic carbocycles. The molecule has 0 radical (unpaired) electrons. The first-order valence-corrected chi connectivity index (χ1v) is 7.59. The summed E-state index contributed by atoms with van der Waals surface area (Å²) < 4.78 is 10.3. The molecular formula is C15H21ClN2O3. The molecule has 0 atom stereocenters. The van der Waals surface area contributed by atoms with Crippen molar-refractivity contribution in [2.45, 2.75) is 6.92 Å². The van der Waals surface area contributed by atoms with Crippen molar-refractivity contribution in [3.05, 3.63) is 28.8 Å². The van der Waals surface area contributed by atoms with Crippen LogP contribution in [0.1, 0.15) is 17.3 Å². The molecule has 0 aromatic heterocycles. The number of nitrogens with zero attached hydrogens (tertiary/aromatic N) is 1. The van der Waals surface area contributed by atoms with E-state index in [1.807, 2.05) is 6.07 Å². The highest BCUT2D eigenvalue weighted by Gasteiger charge is 2.11. The molecule has 0 bridgehead atoms.